The van der Waals surface area contributed by atoms with E-state index in [1.807, 2.05) is 42.5 Å². The van der Waals surface area contributed by atoms with E-state index >= 15 is 0 Å². The maximum atomic E-state index is 12.7. The van der Waals surface area contributed by atoms with Crippen molar-refractivity contribution in [2.75, 3.05) is 0 Å². The first-order valence-electron chi connectivity index (χ1n) is 8.26. The van der Waals surface area contributed by atoms with E-state index in [2.05, 4.69) is 33.2 Å². The number of rotatable bonds is 0. The zero-order valence-corrected chi connectivity index (χ0v) is 13.2. The lowest BCUT2D eigenvalue weighted by Gasteiger charge is -2.01. The minimum absolute atomic E-state index is 0.0598. The number of H-pyrrole nitrogens is 3. The Labute approximate surface area is 141 Å². The summed E-state index contributed by atoms with van der Waals surface area (Å²) in [6.45, 7) is 0. The van der Waals surface area contributed by atoms with Crippen LogP contribution in [0.2, 0.25) is 0 Å². The van der Waals surface area contributed by atoms with Crippen molar-refractivity contribution < 1.29 is 0 Å². The van der Waals surface area contributed by atoms with Crippen LogP contribution in [0.4, 0.5) is 0 Å². The van der Waals surface area contributed by atoms with Crippen molar-refractivity contribution in [3.63, 3.8) is 0 Å². The molecule has 0 aliphatic heterocycles. The zero-order chi connectivity index (χ0) is 16.5. The molecule has 0 unspecified atom stereocenters. The van der Waals surface area contributed by atoms with Gasteiger partial charge in [0.05, 0.1) is 16.4 Å². The third-order valence-corrected chi connectivity index (χ3v) is 5.09. The molecule has 3 aromatic carbocycles. The maximum Gasteiger partial charge on any atom is 0.258 e. The second-order valence-corrected chi connectivity index (χ2v) is 6.49. The van der Waals surface area contributed by atoms with Gasteiger partial charge in [0.1, 0.15) is 0 Å². The van der Waals surface area contributed by atoms with Gasteiger partial charge in [-0.25, -0.2) is 0 Å². The topological polar surface area (TPSA) is 64.4 Å². The molecule has 0 saturated heterocycles. The van der Waals surface area contributed by atoms with E-state index in [0.29, 0.717) is 0 Å². The van der Waals surface area contributed by atoms with Crippen molar-refractivity contribution in [3.8, 4) is 0 Å². The normalized spacial score (nSPS) is 12.2. The van der Waals surface area contributed by atoms with Crippen LogP contribution in [0, 0.1) is 0 Å². The fourth-order valence-corrected chi connectivity index (χ4v) is 3.97. The third-order valence-electron chi connectivity index (χ3n) is 5.09. The Balaban J connectivity index is 1.91. The third kappa shape index (κ3) is 1.58. The number of hydrogen-bond acceptors (Lipinski definition) is 1. The van der Waals surface area contributed by atoms with Gasteiger partial charge in [0, 0.05) is 38.1 Å². The summed E-state index contributed by atoms with van der Waals surface area (Å²) in [5.41, 5.74) is 4.78. The molecule has 3 aromatic heterocycles. The molecule has 3 N–H and O–H groups in total. The summed E-state index contributed by atoms with van der Waals surface area (Å²) in [4.78, 5) is 22.6. The molecule has 4 nitrogen and oxygen atoms in total. The SMILES string of the molecule is O=c1[nH]c2cc3[nH]c4ccccc4c3cc2c2[nH]c3ccccc3c12. The minimum atomic E-state index is -0.0598. The highest BCUT2D eigenvalue weighted by Crippen LogP contribution is 2.32. The molecule has 0 amide bonds. The molecule has 4 heteroatoms. The van der Waals surface area contributed by atoms with Gasteiger partial charge in [0.15, 0.2) is 0 Å². The van der Waals surface area contributed by atoms with Gasteiger partial charge in [0.25, 0.3) is 5.56 Å². The number of nitrogens with one attached hydrogen (secondary N) is 3. The Hall–Kier alpha value is -3.53. The van der Waals surface area contributed by atoms with Crippen molar-refractivity contribution in [1.29, 1.82) is 0 Å². The van der Waals surface area contributed by atoms with Crippen LogP contribution in [-0.4, -0.2) is 15.0 Å². The lowest BCUT2D eigenvalue weighted by molar-refractivity contribution is 1.35. The van der Waals surface area contributed by atoms with Gasteiger partial charge in [-0.05, 0) is 24.3 Å². The van der Waals surface area contributed by atoms with Crippen LogP contribution >= 0.6 is 0 Å². The van der Waals surface area contributed by atoms with E-state index in [-0.39, 0.29) is 5.56 Å². The van der Waals surface area contributed by atoms with E-state index < -0.39 is 0 Å². The number of aromatic nitrogens is 3. The highest BCUT2D eigenvalue weighted by molar-refractivity contribution is 6.20. The van der Waals surface area contributed by atoms with Gasteiger partial charge >= 0.3 is 0 Å². The van der Waals surface area contributed by atoms with E-state index in [1.54, 1.807) is 0 Å². The van der Waals surface area contributed by atoms with Crippen molar-refractivity contribution in [2.45, 2.75) is 0 Å². The number of aromatic amines is 3. The fraction of sp³-hybridized carbons (Fsp3) is 0. The lowest BCUT2D eigenvalue weighted by Crippen LogP contribution is -2.05. The molecule has 25 heavy (non-hydrogen) atoms. The van der Waals surface area contributed by atoms with Gasteiger partial charge in [-0.3, -0.25) is 4.79 Å². The lowest BCUT2D eigenvalue weighted by atomic mass is 10.1. The summed E-state index contributed by atoms with van der Waals surface area (Å²) in [5.74, 6) is 0. The van der Waals surface area contributed by atoms with Crippen LogP contribution in [-0.2, 0) is 0 Å². The number of para-hydroxylation sites is 2. The van der Waals surface area contributed by atoms with Gasteiger partial charge in [0.2, 0.25) is 0 Å². The molecular formula is C21H13N3O. The molecule has 3 heterocycles. The van der Waals surface area contributed by atoms with E-state index in [9.17, 15) is 4.79 Å². The van der Waals surface area contributed by atoms with Crippen molar-refractivity contribution in [1.82, 2.24) is 15.0 Å². The van der Waals surface area contributed by atoms with Crippen LogP contribution in [0.3, 0.4) is 0 Å². The zero-order valence-electron chi connectivity index (χ0n) is 13.2. The van der Waals surface area contributed by atoms with Crippen molar-refractivity contribution >= 4 is 54.5 Å². The summed E-state index contributed by atoms with van der Waals surface area (Å²) in [6, 6.07) is 20.4. The number of fused-ring (bicyclic) bond motifs is 8. The molecule has 0 fully saturated rings. The van der Waals surface area contributed by atoms with Crippen molar-refractivity contribution in [3.05, 3.63) is 71.0 Å². The quantitative estimate of drug-likeness (QED) is 0.369. The van der Waals surface area contributed by atoms with E-state index in [4.69, 9.17) is 0 Å². The fourth-order valence-electron chi connectivity index (χ4n) is 3.97. The summed E-state index contributed by atoms with van der Waals surface area (Å²) >= 11 is 0. The molecule has 0 spiro atoms. The number of hydrogen-bond donors (Lipinski definition) is 3. The van der Waals surface area contributed by atoms with E-state index in [0.717, 1.165) is 49.1 Å². The first-order valence-corrected chi connectivity index (χ1v) is 8.26. The van der Waals surface area contributed by atoms with Gasteiger partial charge in [-0.2, -0.15) is 0 Å². The Morgan fingerprint density at radius 1 is 0.560 bits per heavy atom. The van der Waals surface area contributed by atoms with Gasteiger partial charge < -0.3 is 15.0 Å². The molecule has 6 rings (SSSR count). The molecule has 6 aromatic rings. The Bertz CT molecular complexity index is 1510. The molecule has 0 bridgehead atoms. The van der Waals surface area contributed by atoms with Crippen LogP contribution in [0.5, 0.6) is 0 Å². The Kier molecular flexibility index (Phi) is 2.21. The summed E-state index contributed by atoms with van der Waals surface area (Å²) < 4.78 is 0. The molecule has 0 aliphatic carbocycles. The predicted molar refractivity (Wildman–Crippen MR) is 103 cm³/mol. The molecule has 0 radical (unpaired) electrons. The van der Waals surface area contributed by atoms with Crippen LogP contribution in [0.25, 0.3) is 54.5 Å². The standard InChI is InChI=1S/C21H13N3O/c25-21-19-12-6-2-4-8-16(12)23-20(19)14-9-13-11-5-1-3-7-15(11)22-17(13)10-18(14)24-21/h1-10,22-23H,(H,24,25). The van der Waals surface area contributed by atoms with Crippen LogP contribution < -0.4 is 5.56 Å². The average Bonchev–Trinajstić information content (AvgIpc) is 3.18. The molecule has 118 valence electrons. The smallest absolute Gasteiger partial charge is 0.258 e. The largest absolute Gasteiger partial charge is 0.354 e. The van der Waals surface area contributed by atoms with Crippen LogP contribution in [0.1, 0.15) is 0 Å². The van der Waals surface area contributed by atoms with E-state index in [1.165, 1.54) is 5.39 Å². The van der Waals surface area contributed by atoms with Crippen molar-refractivity contribution in [2.24, 2.45) is 0 Å². The molecular weight excluding hydrogens is 310 g/mol. The second-order valence-electron chi connectivity index (χ2n) is 6.49. The highest BCUT2D eigenvalue weighted by atomic mass is 16.1. The number of benzene rings is 3. The first kappa shape index (κ1) is 12.8. The average molecular weight is 323 g/mol. The Morgan fingerprint density at radius 2 is 1.24 bits per heavy atom. The minimum Gasteiger partial charge on any atom is -0.354 e. The number of pyridine rings is 1. The molecule has 0 aliphatic rings. The van der Waals surface area contributed by atoms with Crippen LogP contribution in [0.15, 0.2) is 65.5 Å². The Morgan fingerprint density at radius 3 is 2.08 bits per heavy atom. The van der Waals surface area contributed by atoms with Gasteiger partial charge in [-0.1, -0.05) is 36.4 Å². The highest BCUT2D eigenvalue weighted by Gasteiger charge is 2.13. The summed E-state index contributed by atoms with van der Waals surface area (Å²) in [6.07, 6.45) is 0. The summed E-state index contributed by atoms with van der Waals surface area (Å²) in [7, 11) is 0. The van der Waals surface area contributed by atoms with Gasteiger partial charge in [-0.15, -0.1) is 0 Å². The monoisotopic (exact) mass is 323 g/mol. The maximum absolute atomic E-state index is 12.7. The predicted octanol–water partition coefficient (Wildman–Crippen LogP) is 4.80. The molecule has 0 atom stereocenters. The summed E-state index contributed by atoms with van der Waals surface area (Å²) in [5, 5.41) is 5.06. The second kappa shape index (κ2) is 4.30. The molecule has 0 saturated carbocycles. The first-order chi connectivity index (χ1) is 12.3.